The molecule has 0 bridgehead atoms. The lowest BCUT2D eigenvalue weighted by Gasteiger charge is -2.25. The fourth-order valence-corrected chi connectivity index (χ4v) is 4.94. The van der Waals surface area contributed by atoms with Gasteiger partial charge in [0.15, 0.2) is 0 Å². The standard InChI is InChI=1S/C20H19NO4S/c1-12-21(18(11-26-12)19(22)23)20(24)25-10-17-15-8-4-2-6-13(15)14-7-3-5-9-16(14)17/h2-9,12,17-18H,10-11H2,1H3,(H,22,23)/t12?,18-/m1/s1. The van der Waals surface area contributed by atoms with Gasteiger partial charge in [-0.3, -0.25) is 4.90 Å². The fraction of sp³-hybridized carbons (Fsp3) is 0.300. The van der Waals surface area contributed by atoms with Crippen molar-refractivity contribution in [1.29, 1.82) is 0 Å². The second-order valence-electron chi connectivity index (χ2n) is 6.50. The van der Waals surface area contributed by atoms with Crippen LogP contribution in [0, 0.1) is 0 Å². The number of benzene rings is 2. The minimum atomic E-state index is -0.990. The molecule has 2 atom stereocenters. The quantitative estimate of drug-likeness (QED) is 0.892. The highest BCUT2D eigenvalue weighted by Crippen LogP contribution is 2.44. The van der Waals surface area contributed by atoms with Gasteiger partial charge < -0.3 is 9.84 Å². The van der Waals surface area contributed by atoms with Crippen LogP contribution in [-0.4, -0.2) is 45.8 Å². The van der Waals surface area contributed by atoms with Crippen LogP contribution in [0.25, 0.3) is 11.1 Å². The average molecular weight is 369 g/mol. The van der Waals surface area contributed by atoms with Crippen molar-refractivity contribution in [1.82, 2.24) is 4.90 Å². The maximum atomic E-state index is 12.6. The number of carboxylic acids is 1. The summed E-state index contributed by atoms with van der Waals surface area (Å²) in [7, 11) is 0. The Morgan fingerprint density at radius 1 is 1.12 bits per heavy atom. The monoisotopic (exact) mass is 369 g/mol. The number of aliphatic carboxylic acids is 1. The van der Waals surface area contributed by atoms with E-state index in [1.807, 2.05) is 31.2 Å². The first-order valence-corrected chi connectivity index (χ1v) is 9.60. The minimum Gasteiger partial charge on any atom is -0.480 e. The summed E-state index contributed by atoms with van der Waals surface area (Å²) in [5.74, 6) is -0.628. The summed E-state index contributed by atoms with van der Waals surface area (Å²) in [6, 6.07) is 15.4. The van der Waals surface area contributed by atoms with E-state index in [0.717, 1.165) is 22.3 Å². The molecule has 2 aromatic carbocycles. The lowest BCUT2D eigenvalue weighted by molar-refractivity contribution is -0.141. The molecule has 0 saturated carbocycles. The van der Waals surface area contributed by atoms with E-state index in [-0.39, 0.29) is 17.9 Å². The van der Waals surface area contributed by atoms with Gasteiger partial charge in [-0.05, 0) is 29.2 Å². The molecule has 134 valence electrons. The number of nitrogens with zero attached hydrogens (tertiary/aromatic N) is 1. The molecule has 1 unspecified atom stereocenters. The zero-order chi connectivity index (χ0) is 18.3. The smallest absolute Gasteiger partial charge is 0.411 e. The molecule has 2 aliphatic rings. The van der Waals surface area contributed by atoms with Gasteiger partial charge in [0, 0.05) is 11.7 Å². The van der Waals surface area contributed by atoms with E-state index in [1.54, 1.807) is 0 Å². The Hall–Kier alpha value is -2.47. The van der Waals surface area contributed by atoms with Crippen molar-refractivity contribution in [3.63, 3.8) is 0 Å². The lowest BCUT2D eigenvalue weighted by atomic mass is 9.98. The average Bonchev–Trinajstić information content (AvgIpc) is 3.18. The van der Waals surface area contributed by atoms with Crippen LogP contribution in [0.4, 0.5) is 4.79 Å². The van der Waals surface area contributed by atoms with Gasteiger partial charge in [-0.2, -0.15) is 0 Å². The Kier molecular flexibility index (Phi) is 4.36. The number of carbonyl (C=O) groups excluding carboxylic acids is 1. The molecule has 1 amide bonds. The molecule has 6 heteroatoms. The van der Waals surface area contributed by atoms with Crippen molar-refractivity contribution < 1.29 is 19.4 Å². The predicted octanol–water partition coefficient (Wildman–Crippen LogP) is 3.78. The van der Waals surface area contributed by atoms with Gasteiger partial charge in [-0.15, -0.1) is 11.8 Å². The largest absolute Gasteiger partial charge is 0.480 e. The van der Waals surface area contributed by atoms with Crippen molar-refractivity contribution in [2.75, 3.05) is 12.4 Å². The van der Waals surface area contributed by atoms with Crippen LogP contribution in [0.3, 0.4) is 0 Å². The minimum absolute atomic E-state index is 0.0276. The molecular formula is C20H19NO4S. The third kappa shape index (κ3) is 2.74. The van der Waals surface area contributed by atoms with Crippen molar-refractivity contribution in [2.24, 2.45) is 0 Å². The lowest BCUT2D eigenvalue weighted by Crippen LogP contribution is -2.45. The Balaban J connectivity index is 1.55. The zero-order valence-electron chi connectivity index (χ0n) is 14.3. The van der Waals surface area contributed by atoms with Crippen molar-refractivity contribution in [3.8, 4) is 11.1 Å². The molecule has 1 saturated heterocycles. The number of amides is 1. The number of carbonyl (C=O) groups is 2. The number of hydrogen-bond acceptors (Lipinski definition) is 4. The molecule has 1 heterocycles. The van der Waals surface area contributed by atoms with Gasteiger partial charge in [0.05, 0.1) is 5.37 Å². The number of ether oxygens (including phenoxy) is 1. The first kappa shape index (κ1) is 17.0. The topological polar surface area (TPSA) is 66.8 Å². The molecule has 1 aliphatic heterocycles. The number of thioether (sulfide) groups is 1. The van der Waals surface area contributed by atoms with Crippen molar-refractivity contribution in [2.45, 2.75) is 24.3 Å². The van der Waals surface area contributed by atoms with Crippen LogP contribution in [-0.2, 0) is 9.53 Å². The molecule has 1 N–H and O–H groups in total. The molecule has 4 rings (SSSR count). The summed E-state index contributed by atoms with van der Waals surface area (Å²) >= 11 is 1.45. The van der Waals surface area contributed by atoms with Crippen LogP contribution in [0.1, 0.15) is 24.0 Å². The fourth-order valence-electron chi connectivity index (χ4n) is 3.78. The Morgan fingerprint density at radius 3 is 2.27 bits per heavy atom. The first-order chi connectivity index (χ1) is 12.6. The van der Waals surface area contributed by atoms with Gasteiger partial charge in [-0.1, -0.05) is 48.5 Å². The van der Waals surface area contributed by atoms with Gasteiger partial charge in [-0.25, -0.2) is 9.59 Å². The summed E-state index contributed by atoms with van der Waals surface area (Å²) in [5, 5.41) is 9.13. The van der Waals surface area contributed by atoms with Gasteiger partial charge in [0.1, 0.15) is 12.6 Å². The highest BCUT2D eigenvalue weighted by atomic mass is 32.2. The third-order valence-corrected chi connectivity index (χ3v) is 6.27. The summed E-state index contributed by atoms with van der Waals surface area (Å²) in [4.78, 5) is 25.3. The Bertz CT molecular complexity index is 823. The Labute approximate surface area is 156 Å². The maximum Gasteiger partial charge on any atom is 0.411 e. The van der Waals surface area contributed by atoms with Crippen LogP contribution < -0.4 is 0 Å². The van der Waals surface area contributed by atoms with Crippen LogP contribution >= 0.6 is 11.8 Å². The van der Waals surface area contributed by atoms with Crippen molar-refractivity contribution >= 4 is 23.8 Å². The van der Waals surface area contributed by atoms with Gasteiger partial charge in [0.2, 0.25) is 0 Å². The molecule has 0 spiro atoms. The van der Waals surface area contributed by atoms with Gasteiger partial charge in [0.25, 0.3) is 0 Å². The highest BCUT2D eigenvalue weighted by Gasteiger charge is 2.41. The Morgan fingerprint density at radius 2 is 1.69 bits per heavy atom. The third-order valence-electron chi connectivity index (χ3n) is 5.05. The summed E-state index contributed by atoms with van der Waals surface area (Å²) in [6.45, 7) is 2.03. The van der Waals surface area contributed by atoms with Crippen LogP contribution in [0.15, 0.2) is 48.5 Å². The number of hydrogen-bond donors (Lipinski definition) is 1. The zero-order valence-corrected chi connectivity index (χ0v) is 15.1. The SMILES string of the molecule is CC1SC[C@H](C(=O)O)N1C(=O)OCC1c2ccccc2-c2ccccc21. The van der Waals surface area contributed by atoms with Crippen molar-refractivity contribution in [3.05, 3.63) is 59.7 Å². The molecule has 26 heavy (non-hydrogen) atoms. The highest BCUT2D eigenvalue weighted by molar-refractivity contribution is 8.00. The molecule has 0 aromatic heterocycles. The number of rotatable bonds is 3. The second-order valence-corrected chi connectivity index (χ2v) is 7.85. The van der Waals surface area contributed by atoms with E-state index in [4.69, 9.17) is 4.74 Å². The van der Waals surface area contributed by atoms with Crippen LogP contribution in [0.2, 0.25) is 0 Å². The second kappa shape index (κ2) is 6.68. The van der Waals surface area contributed by atoms with Crippen LogP contribution in [0.5, 0.6) is 0 Å². The first-order valence-electron chi connectivity index (χ1n) is 8.55. The number of carboxylic acid groups (broad SMARTS) is 1. The van der Waals surface area contributed by atoms with E-state index >= 15 is 0 Å². The van der Waals surface area contributed by atoms with E-state index < -0.39 is 18.1 Å². The maximum absolute atomic E-state index is 12.6. The summed E-state index contributed by atoms with van der Waals surface area (Å²) in [5.41, 5.74) is 4.61. The van der Waals surface area contributed by atoms with Gasteiger partial charge >= 0.3 is 12.1 Å². The van der Waals surface area contributed by atoms with E-state index in [2.05, 4.69) is 24.3 Å². The van der Waals surface area contributed by atoms with E-state index in [0.29, 0.717) is 5.75 Å². The summed E-state index contributed by atoms with van der Waals surface area (Å²) in [6.07, 6.45) is -0.559. The molecule has 1 fully saturated rings. The predicted molar refractivity (Wildman–Crippen MR) is 100 cm³/mol. The molecule has 0 radical (unpaired) electrons. The summed E-state index contributed by atoms with van der Waals surface area (Å²) < 4.78 is 5.58. The number of fused-ring (bicyclic) bond motifs is 3. The normalized spacial score (nSPS) is 21.3. The molecule has 5 nitrogen and oxygen atoms in total. The van der Waals surface area contributed by atoms with E-state index in [1.165, 1.54) is 16.7 Å². The molecule has 1 aliphatic carbocycles. The van der Waals surface area contributed by atoms with E-state index in [9.17, 15) is 14.7 Å². The molecular weight excluding hydrogens is 350 g/mol. The molecule has 2 aromatic rings.